The van der Waals surface area contributed by atoms with Gasteiger partial charge in [0.25, 0.3) is 0 Å². The summed E-state index contributed by atoms with van der Waals surface area (Å²) >= 11 is 0. The highest BCUT2D eigenvalue weighted by Crippen LogP contribution is 2.18. The molecule has 1 aromatic carbocycles. The van der Waals surface area contributed by atoms with Gasteiger partial charge in [-0.1, -0.05) is 24.3 Å². The molecule has 0 amide bonds. The largest absolute Gasteiger partial charge is 0.379 e. The molecule has 1 heterocycles. The highest BCUT2D eigenvalue weighted by Gasteiger charge is 2.18. The van der Waals surface area contributed by atoms with Crippen molar-refractivity contribution < 1.29 is 4.74 Å². The van der Waals surface area contributed by atoms with E-state index in [2.05, 4.69) is 55.7 Å². The second-order valence-electron chi connectivity index (χ2n) is 5.61. The molecule has 1 aliphatic heterocycles. The average Bonchev–Trinajstić information content (AvgIpc) is 2.40. The second-order valence-corrected chi connectivity index (χ2v) is 5.61. The summed E-state index contributed by atoms with van der Waals surface area (Å²) in [7, 11) is 0. The summed E-state index contributed by atoms with van der Waals surface area (Å²) in [5, 5.41) is 7.20. The van der Waals surface area contributed by atoms with Crippen molar-refractivity contribution in [2.75, 3.05) is 19.8 Å². The van der Waals surface area contributed by atoms with E-state index in [9.17, 15) is 0 Å². The van der Waals surface area contributed by atoms with Crippen LogP contribution in [0, 0.1) is 6.92 Å². The van der Waals surface area contributed by atoms with Gasteiger partial charge in [-0.05, 0) is 38.3 Å². The van der Waals surface area contributed by atoms with Crippen molar-refractivity contribution in [2.24, 2.45) is 0 Å². The summed E-state index contributed by atoms with van der Waals surface area (Å²) in [6.45, 7) is 9.33. The van der Waals surface area contributed by atoms with Crippen molar-refractivity contribution in [1.82, 2.24) is 10.6 Å². The second kappa shape index (κ2) is 7.04. The maximum absolute atomic E-state index is 5.50. The zero-order chi connectivity index (χ0) is 13.7. The first-order chi connectivity index (χ1) is 9.16. The van der Waals surface area contributed by atoms with Crippen molar-refractivity contribution in [3.05, 3.63) is 35.4 Å². The number of hydrogen-bond acceptors (Lipinski definition) is 3. The van der Waals surface area contributed by atoms with Crippen molar-refractivity contribution in [2.45, 2.75) is 45.3 Å². The van der Waals surface area contributed by atoms with Gasteiger partial charge in [0.2, 0.25) is 0 Å². The molecule has 0 bridgehead atoms. The predicted molar refractivity (Wildman–Crippen MR) is 79.4 cm³/mol. The quantitative estimate of drug-likeness (QED) is 0.855. The Bertz CT molecular complexity index is 388. The smallest absolute Gasteiger partial charge is 0.0620 e. The van der Waals surface area contributed by atoms with E-state index in [4.69, 9.17) is 4.74 Å². The van der Waals surface area contributed by atoms with Gasteiger partial charge in [0.1, 0.15) is 0 Å². The van der Waals surface area contributed by atoms with E-state index in [0.29, 0.717) is 18.1 Å². The van der Waals surface area contributed by atoms with Crippen LogP contribution < -0.4 is 10.6 Å². The molecule has 1 aliphatic rings. The molecule has 0 radical (unpaired) electrons. The van der Waals surface area contributed by atoms with Crippen LogP contribution in [0.2, 0.25) is 0 Å². The lowest BCUT2D eigenvalue weighted by molar-refractivity contribution is 0.0708. The van der Waals surface area contributed by atoms with Gasteiger partial charge in [-0.3, -0.25) is 0 Å². The first kappa shape index (κ1) is 14.5. The van der Waals surface area contributed by atoms with Crippen molar-refractivity contribution in [3.63, 3.8) is 0 Å². The van der Waals surface area contributed by atoms with Gasteiger partial charge in [0.05, 0.1) is 13.2 Å². The van der Waals surface area contributed by atoms with Gasteiger partial charge in [-0.2, -0.15) is 0 Å². The Balaban J connectivity index is 1.84. The fraction of sp³-hybridized carbons (Fsp3) is 0.625. The summed E-state index contributed by atoms with van der Waals surface area (Å²) in [4.78, 5) is 0. The van der Waals surface area contributed by atoms with Crippen LogP contribution in [0.25, 0.3) is 0 Å². The molecule has 106 valence electrons. The van der Waals surface area contributed by atoms with Gasteiger partial charge in [-0.15, -0.1) is 0 Å². The summed E-state index contributed by atoms with van der Waals surface area (Å²) in [6.07, 6.45) is 1.11. The molecule has 0 aromatic heterocycles. The van der Waals surface area contributed by atoms with Gasteiger partial charge in [0, 0.05) is 24.7 Å². The molecule has 0 aliphatic carbocycles. The van der Waals surface area contributed by atoms with Crippen LogP contribution in [0.1, 0.15) is 37.4 Å². The van der Waals surface area contributed by atoms with Crippen molar-refractivity contribution in [1.29, 1.82) is 0 Å². The van der Waals surface area contributed by atoms with Crippen LogP contribution in [-0.4, -0.2) is 31.8 Å². The van der Waals surface area contributed by atoms with Crippen LogP contribution in [0.4, 0.5) is 0 Å². The molecular weight excluding hydrogens is 236 g/mol. The molecule has 3 heteroatoms. The number of hydrogen-bond donors (Lipinski definition) is 2. The van der Waals surface area contributed by atoms with Crippen LogP contribution in [0.3, 0.4) is 0 Å². The topological polar surface area (TPSA) is 33.3 Å². The van der Waals surface area contributed by atoms with Gasteiger partial charge >= 0.3 is 0 Å². The number of benzene rings is 1. The lowest BCUT2D eigenvalue weighted by atomic mass is 10.0. The molecule has 0 saturated carbocycles. The summed E-state index contributed by atoms with van der Waals surface area (Å²) in [5.41, 5.74) is 2.75. The number of aryl methyl sites for hydroxylation is 1. The minimum Gasteiger partial charge on any atom is -0.379 e. The summed E-state index contributed by atoms with van der Waals surface area (Å²) in [5.74, 6) is 0. The first-order valence-electron chi connectivity index (χ1n) is 7.29. The maximum Gasteiger partial charge on any atom is 0.0620 e. The molecule has 3 nitrogen and oxygen atoms in total. The zero-order valence-electron chi connectivity index (χ0n) is 12.3. The fourth-order valence-corrected chi connectivity index (χ4v) is 2.86. The van der Waals surface area contributed by atoms with E-state index in [0.717, 1.165) is 26.2 Å². The molecule has 3 atom stereocenters. The van der Waals surface area contributed by atoms with Crippen LogP contribution in [0.5, 0.6) is 0 Å². The molecule has 1 aromatic rings. The lowest BCUT2D eigenvalue weighted by Crippen LogP contribution is -2.45. The molecule has 19 heavy (non-hydrogen) atoms. The van der Waals surface area contributed by atoms with E-state index < -0.39 is 0 Å². The number of rotatable bonds is 5. The molecule has 2 rings (SSSR count). The third-order valence-corrected chi connectivity index (χ3v) is 3.83. The number of morpholine rings is 1. The Morgan fingerprint density at radius 3 is 2.84 bits per heavy atom. The lowest BCUT2D eigenvalue weighted by Gasteiger charge is -2.28. The van der Waals surface area contributed by atoms with Crippen molar-refractivity contribution in [3.8, 4) is 0 Å². The molecule has 2 unspecified atom stereocenters. The third kappa shape index (κ3) is 4.30. The SMILES string of the molecule is Cc1ccccc1[C@@H](C)NC(C)CC1COCCN1. The van der Waals surface area contributed by atoms with E-state index in [-0.39, 0.29) is 0 Å². The van der Waals surface area contributed by atoms with Crippen LogP contribution in [0.15, 0.2) is 24.3 Å². The number of nitrogens with one attached hydrogen (secondary N) is 2. The molecule has 1 saturated heterocycles. The van der Waals surface area contributed by atoms with E-state index in [1.165, 1.54) is 11.1 Å². The monoisotopic (exact) mass is 262 g/mol. The molecular formula is C16H26N2O. The van der Waals surface area contributed by atoms with E-state index >= 15 is 0 Å². The normalized spacial score (nSPS) is 23.0. The fourth-order valence-electron chi connectivity index (χ4n) is 2.86. The minimum absolute atomic E-state index is 0.390. The van der Waals surface area contributed by atoms with E-state index in [1.54, 1.807) is 0 Å². The summed E-state index contributed by atoms with van der Waals surface area (Å²) in [6, 6.07) is 9.95. The van der Waals surface area contributed by atoms with Gasteiger partial charge in [0.15, 0.2) is 0 Å². The van der Waals surface area contributed by atoms with Crippen LogP contribution in [-0.2, 0) is 4.74 Å². The zero-order valence-corrected chi connectivity index (χ0v) is 12.3. The maximum atomic E-state index is 5.50. The highest BCUT2D eigenvalue weighted by molar-refractivity contribution is 5.28. The Labute approximate surface area is 116 Å². The first-order valence-corrected chi connectivity index (χ1v) is 7.29. The third-order valence-electron chi connectivity index (χ3n) is 3.83. The van der Waals surface area contributed by atoms with Gasteiger partial charge < -0.3 is 15.4 Å². The molecule has 0 spiro atoms. The van der Waals surface area contributed by atoms with E-state index in [1.807, 2.05) is 0 Å². The number of ether oxygens (including phenoxy) is 1. The molecule has 2 N–H and O–H groups in total. The Kier molecular flexibility index (Phi) is 5.37. The molecule has 1 fully saturated rings. The Hall–Kier alpha value is -0.900. The Morgan fingerprint density at radius 1 is 1.37 bits per heavy atom. The standard InChI is InChI=1S/C16H26N2O/c1-12-6-4-5-7-16(12)14(3)18-13(2)10-15-11-19-9-8-17-15/h4-7,13-15,17-18H,8-11H2,1-3H3/t13?,14-,15?/m1/s1. The minimum atomic E-state index is 0.390. The summed E-state index contributed by atoms with van der Waals surface area (Å²) < 4.78 is 5.50. The van der Waals surface area contributed by atoms with Gasteiger partial charge in [-0.25, -0.2) is 0 Å². The predicted octanol–water partition coefficient (Wildman–Crippen LogP) is 2.41. The van der Waals surface area contributed by atoms with Crippen LogP contribution >= 0.6 is 0 Å². The Morgan fingerprint density at radius 2 is 2.16 bits per heavy atom. The average molecular weight is 262 g/mol. The van der Waals surface area contributed by atoms with Crippen molar-refractivity contribution >= 4 is 0 Å². The highest BCUT2D eigenvalue weighted by atomic mass is 16.5.